The van der Waals surface area contributed by atoms with Crippen LogP contribution in [0.3, 0.4) is 0 Å². The minimum Gasteiger partial charge on any atom is -0.258 e. The van der Waals surface area contributed by atoms with Crippen molar-refractivity contribution in [3.8, 4) is 0 Å². The molecule has 0 saturated carbocycles. The Balaban J connectivity index is 3.04. The van der Waals surface area contributed by atoms with E-state index in [-0.39, 0.29) is 5.03 Å². The van der Waals surface area contributed by atoms with Crippen LogP contribution >= 0.6 is 10.5 Å². The van der Waals surface area contributed by atoms with Crippen LogP contribution in [0.4, 0.5) is 0 Å². The predicted octanol–water partition coefficient (Wildman–Crippen LogP) is 0.968. The number of rotatable bonds is 1. The maximum Gasteiger partial charge on any atom is 0.311 e. The molecule has 0 aromatic rings. The van der Waals surface area contributed by atoms with Crippen molar-refractivity contribution in [1.29, 1.82) is 0 Å². The van der Waals surface area contributed by atoms with Gasteiger partial charge in [-0.05, 0) is 11.5 Å². The lowest BCUT2D eigenvalue weighted by Crippen LogP contribution is -1.92. The van der Waals surface area contributed by atoms with Crippen molar-refractivity contribution >= 4 is 15.7 Å². The highest BCUT2D eigenvalue weighted by Crippen LogP contribution is 2.29. The van der Waals surface area contributed by atoms with Crippen molar-refractivity contribution in [2.24, 2.45) is 0 Å². The van der Waals surface area contributed by atoms with Gasteiger partial charge in [-0.2, -0.15) is 0 Å². The standard InChI is InChI=1S/C5H3NO3S/c7-4-10-3-1-2-5(10)6(8)9/h1-3H. The summed E-state index contributed by atoms with van der Waals surface area (Å²) >= 11 is 0. The second kappa shape index (κ2) is 2.60. The van der Waals surface area contributed by atoms with Crippen molar-refractivity contribution in [2.45, 2.75) is 0 Å². The number of nitro groups is 1. The third-order valence-electron chi connectivity index (χ3n) is 0.948. The fourth-order valence-electron chi connectivity index (χ4n) is 0.555. The van der Waals surface area contributed by atoms with Crippen LogP contribution in [0.1, 0.15) is 0 Å². The summed E-state index contributed by atoms with van der Waals surface area (Å²) in [6.07, 6.45) is 2.81. The molecule has 0 fully saturated rings. The second-order valence-electron chi connectivity index (χ2n) is 1.51. The average molecular weight is 157 g/mol. The third kappa shape index (κ3) is 1.05. The van der Waals surface area contributed by atoms with Crippen LogP contribution in [0.2, 0.25) is 0 Å². The number of hydrogen-bond donors (Lipinski definition) is 0. The average Bonchev–Trinajstić information content (AvgIpc) is 2.33. The molecule has 0 radical (unpaired) electrons. The molecule has 0 aliphatic carbocycles. The SMILES string of the molecule is O=C=S1C=CC=C1[N+](=O)[O-]. The van der Waals surface area contributed by atoms with Crippen LogP contribution in [0.15, 0.2) is 22.6 Å². The number of hydrogen-bond acceptors (Lipinski definition) is 3. The highest BCUT2D eigenvalue weighted by atomic mass is 32.2. The number of nitrogens with zero attached hydrogens (tertiary/aromatic N) is 1. The molecule has 1 unspecified atom stereocenters. The van der Waals surface area contributed by atoms with Crippen LogP contribution in [0.5, 0.6) is 0 Å². The first kappa shape index (κ1) is 6.92. The Kier molecular flexibility index (Phi) is 1.80. The Hall–Kier alpha value is -1.19. The molecule has 0 aromatic heterocycles. The Morgan fingerprint density at radius 2 is 2.40 bits per heavy atom. The van der Waals surface area contributed by atoms with Gasteiger partial charge in [0, 0.05) is 16.6 Å². The number of allylic oxidation sites excluding steroid dienone is 2. The van der Waals surface area contributed by atoms with E-state index in [0.29, 0.717) is 0 Å². The van der Waals surface area contributed by atoms with Gasteiger partial charge in [0.05, 0.1) is 4.92 Å². The first-order valence-electron chi connectivity index (χ1n) is 2.39. The van der Waals surface area contributed by atoms with Crippen LogP contribution in [0, 0.1) is 10.1 Å². The Bertz CT molecular complexity index is 285. The molecule has 10 heavy (non-hydrogen) atoms. The van der Waals surface area contributed by atoms with Crippen LogP contribution in [-0.2, 0) is 4.79 Å². The third-order valence-corrected chi connectivity index (χ3v) is 2.29. The molecule has 1 aliphatic rings. The van der Waals surface area contributed by atoms with Crippen LogP contribution < -0.4 is 0 Å². The zero-order chi connectivity index (χ0) is 7.56. The van der Waals surface area contributed by atoms with Gasteiger partial charge in [-0.25, -0.2) is 4.79 Å². The maximum absolute atomic E-state index is 10.1. The highest BCUT2D eigenvalue weighted by Gasteiger charge is 2.17. The molecular weight excluding hydrogens is 154 g/mol. The maximum atomic E-state index is 10.1. The molecule has 0 amide bonds. The van der Waals surface area contributed by atoms with Crippen molar-refractivity contribution in [2.75, 3.05) is 0 Å². The molecule has 0 bridgehead atoms. The van der Waals surface area contributed by atoms with Crippen LogP contribution in [-0.4, -0.2) is 10.2 Å². The Morgan fingerprint density at radius 1 is 1.70 bits per heavy atom. The van der Waals surface area contributed by atoms with E-state index in [1.807, 2.05) is 0 Å². The van der Waals surface area contributed by atoms with Gasteiger partial charge in [-0.3, -0.25) is 10.1 Å². The van der Waals surface area contributed by atoms with Gasteiger partial charge < -0.3 is 0 Å². The van der Waals surface area contributed by atoms with Gasteiger partial charge in [-0.15, -0.1) is 0 Å². The summed E-state index contributed by atoms with van der Waals surface area (Å²) in [5, 5.41) is 13.1. The van der Waals surface area contributed by atoms with Gasteiger partial charge in [0.1, 0.15) is 0 Å². The topological polar surface area (TPSA) is 60.2 Å². The molecule has 1 aliphatic heterocycles. The smallest absolute Gasteiger partial charge is 0.258 e. The summed E-state index contributed by atoms with van der Waals surface area (Å²) in [6.45, 7) is 0. The molecule has 52 valence electrons. The lowest BCUT2D eigenvalue weighted by molar-refractivity contribution is -0.410. The molecule has 1 rings (SSSR count). The highest BCUT2D eigenvalue weighted by molar-refractivity contribution is 8.20. The molecule has 0 saturated heterocycles. The number of carbonyl (C=O) groups excluding carboxylic acids is 1. The van der Waals surface area contributed by atoms with E-state index in [0.717, 1.165) is 0 Å². The van der Waals surface area contributed by atoms with E-state index in [2.05, 4.69) is 0 Å². The van der Waals surface area contributed by atoms with E-state index in [4.69, 9.17) is 0 Å². The van der Waals surface area contributed by atoms with E-state index in [9.17, 15) is 14.9 Å². The minimum atomic E-state index is -1.03. The molecule has 5 heteroatoms. The van der Waals surface area contributed by atoms with E-state index in [1.54, 1.807) is 5.23 Å². The van der Waals surface area contributed by atoms with Crippen molar-refractivity contribution < 1.29 is 9.72 Å². The van der Waals surface area contributed by atoms with Crippen LogP contribution in [0.25, 0.3) is 0 Å². The predicted molar refractivity (Wildman–Crippen MR) is 37.5 cm³/mol. The quantitative estimate of drug-likeness (QED) is 0.323. The van der Waals surface area contributed by atoms with Gasteiger partial charge in [0.25, 0.3) is 0 Å². The van der Waals surface area contributed by atoms with E-state index < -0.39 is 15.4 Å². The molecule has 1 atom stereocenters. The Labute approximate surface area is 58.9 Å². The zero-order valence-electron chi connectivity index (χ0n) is 4.81. The lowest BCUT2D eigenvalue weighted by atomic mass is 10.6. The summed E-state index contributed by atoms with van der Waals surface area (Å²) in [5.41, 5.74) is 0. The molecule has 0 N–H and O–H groups in total. The van der Waals surface area contributed by atoms with E-state index >= 15 is 0 Å². The van der Waals surface area contributed by atoms with Gasteiger partial charge in [0.15, 0.2) is 5.23 Å². The van der Waals surface area contributed by atoms with E-state index in [1.165, 1.54) is 17.6 Å². The monoisotopic (exact) mass is 157 g/mol. The normalized spacial score (nSPS) is 22.0. The summed E-state index contributed by atoms with van der Waals surface area (Å²) in [5.74, 6) is 0. The first-order chi connectivity index (χ1) is 4.75. The Morgan fingerprint density at radius 3 is 2.80 bits per heavy atom. The fraction of sp³-hybridized carbons (Fsp3) is 0. The summed E-state index contributed by atoms with van der Waals surface area (Å²) in [4.78, 5) is 19.5. The first-order valence-corrected chi connectivity index (χ1v) is 3.68. The lowest BCUT2D eigenvalue weighted by Gasteiger charge is -1.87. The van der Waals surface area contributed by atoms with Crippen molar-refractivity contribution in [3.63, 3.8) is 0 Å². The van der Waals surface area contributed by atoms with Gasteiger partial charge >= 0.3 is 5.03 Å². The second-order valence-corrected chi connectivity index (χ2v) is 3.04. The zero-order valence-corrected chi connectivity index (χ0v) is 5.63. The molecule has 0 spiro atoms. The molecular formula is C5H3NO3S. The van der Waals surface area contributed by atoms with Gasteiger partial charge in [-0.1, -0.05) is 0 Å². The molecule has 4 nitrogen and oxygen atoms in total. The van der Waals surface area contributed by atoms with Gasteiger partial charge in [0.2, 0.25) is 0 Å². The van der Waals surface area contributed by atoms with Crippen molar-refractivity contribution in [1.82, 2.24) is 0 Å². The largest absolute Gasteiger partial charge is 0.311 e. The summed E-state index contributed by atoms with van der Waals surface area (Å²) in [6, 6.07) is 0. The fourth-order valence-corrected chi connectivity index (χ4v) is 1.46. The van der Waals surface area contributed by atoms with Crippen molar-refractivity contribution in [3.05, 3.63) is 32.7 Å². The summed E-state index contributed by atoms with van der Waals surface area (Å²) < 4.78 is 0. The molecule has 0 aromatic carbocycles. The minimum absolute atomic E-state index is 0.0741. The summed E-state index contributed by atoms with van der Waals surface area (Å²) in [7, 11) is -1.03. The molecule has 1 heterocycles.